The van der Waals surface area contributed by atoms with Crippen LogP contribution in [0, 0.1) is 0 Å². The molecular weight excluding hydrogens is 545 g/mol. The molecule has 0 unspecified atom stereocenters. The molecule has 1 aromatic heterocycles. The Morgan fingerprint density at radius 3 is 2.63 bits per heavy atom. The Kier molecular flexibility index (Phi) is 9.83. The maximum absolute atomic E-state index is 12.9. The summed E-state index contributed by atoms with van der Waals surface area (Å²) in [6, 6.07) is 13.4. The van der Waals surface area contributed by atoms with Crippen LogP contribution in [0.4, 0.5) is 13.2 Å². The first-order valence-electron chi connectivity index (χ1n) is 11.2. The van der Waals surface area contributed by atoms with E-state index < -0.39 is 29.4 Å². The lowest BCUT2D eigenvalue weighted by atomic mass is 10.1. The molecule has 0 aliphatic carbocycles. The fourth-order valence-electron chi connectivity index (χ4n) is 3.27. The first-order valence-corrected chi connectivity index (χ1v) is 13.1. The van der Waals surface area contributed by atoms with Crippen LogP contribution >= 0.6 is 0 Å². The fraction of sp³-hybridized carbons (Fsp3) is 0.292. The summed E-state index contributed by atoms with van der Waals surface area (Å²) in [5.74, 6) is -0.450. The molecule has 0 spiro atoms. The number of rotatable bonds is 11. The van der Waals surface area contributed by atoms with Crippen molar-refractivity contribution in [2.75, 3.05) is 33.4 Å². The summed E-state index contributed by atoms with van der Waals surface area (Å²) < 4.78 is 74.4. The van der Waals surface area contributed by atoms with Gasteiger partial charge in [-0.2, -0.15) is 13.2 Å². The molecule has 0 atom stereocenters. The zero-order valence-corrected chi connectivity index (χ0v) is 21.8. The number of hydrogen-bond acceptors (Lipinski definition) is 8. The number of pyridine rings is 1. The van der Waals surface area contributed by atoms with Crippen molar-refractivity contribution in [3.05, 3.63) is 65.9 Å². The molecule has 14 heteroatoms. The van der Waals surface area contributed by atoms with Crippen LogP contribution in [0.1, 0.15) is 15.9 Å². The molecule has 0 fully saturated rings. The lowest BCUT2D eigenvalue weighted by Gasteiger charge is -2.18. The van der Waals surface area contributed by atoms with Gasteiger partial charge in [-0.05, 0) is 41.4 Å². The van der Waals surface area contributed by atoms with Gasteiger partial charge in [0, 0.05) is 25.2 Å². The standard InChI is InChI=1S/C24H25F3N4O5S2/c1-28-23(37)31-38(33,34)21-12-16(6-7-20(21)36-11-10-35-15-24(25,26)27)8-9-29-22(32)18-13-17-4-2-3-5-19(17)30-14-18/h2-7,12-14H,8-11,15H2,1H3,(H,29,32)(H2,28,31,37)/p-1. The summed E-state index contributed by atoms with van der Waals surface area (Å²) in [6.45, 7) is -2.00. The smallest absolute Gasteiger partial charge is 0.411 e. The molecule has 0 aliphatic rings. The number of amides is 1. The van der Waals surface area contributed by atoms with Crippen LogP contribution in [0.15, 0.2) is 64.6 Å². The summed E-state index contributed by atoms with van der Waals surface area (Å²) in [5, 5.41) is 3.30. The van der Waals surface area contributed by atoms with E-state index in [0.717, 1.165) is 10.9 Å². The highest BCUT2D eigenvalue weighted by Crippen LogP contribution is 2.26. The van der Waals surface area contributed by atoms with Crippen LogP contribution < -0.4 is 14.8 Å². The van der Waals surface area contributed by atoms with E-state index in [0.29, 0.717) is 11.1 Å². The molecule has 2 N–H and O–H groups in total. The van der Waals surface area contributed by atoms with Crippen LogP contribution in [-0.4, -0.2) is 64.1 Å². The van der Waals surface area contributed by atoms with Crippen LogP contribution in [-0.2, 0) is 33.8 Å². The van der Waals surface area contributed by atoms with E-state index in [-0.39, 0.29) is 41.3 Å². The molecule has 9 nitrogen and oxygen atoms in total. The zero-order valence-electron chi connectivity index (χ0n) is 20.1. The van der Waals surface area contributed by atoms with Gasteiger partial charge in [-0.3, -0.25) is 19.5 Å². The van der Waals surface area contributed by atoms with Gasteiger partial charge < -0.3 is 27.4 Å². The van der Waals surface area contributed by atoms with E-state index in [9.17, 15) is 26.4 Å². The Morgan fingerprint density at radius 2 is 1.89 bits per heavy atom. The van der Waals surface area contributed by atoms with Crippen molar-refractivity contribution < 1.29 is 35.9 Å². The van der Waals surface area contributed by atoms with Gasteiger partial charge in [0.15, 0.2) is 0 Å². The number of carbonyl (C=O) groups is 1. The lowest BCUT2D eigenvalue weighted by molar-refractivity contribution is -0.175. The summed E-state index contributed by atoms with van der Waals surface area (Å²) in [7, 11) is -2.91. The largest absolute Gasteiger partial charge is 0.742 e. The Bertz CT molecular complexity index is 1420. The van der Waals surface area contributed by atoms with Gasteiger partial charge in [0.05, 0.1) is 17.7 Å². The van der Waals surface area contributed by atoms with Gasteiger partial charge in [0.2, 0.25) is 0 Å². The average Bonchev–Trinajstić information content (AvgIpc) is 2.87. The number of carbonyl (C=O) groups excluding carboxylic acids is 1. The quantitative estimate of drug-likeness (QED) is 0.158. The molecule has 0 saturated heterocycles. The number of amidine groups is 1. The highest BCUT2D eigenvalue weighted by molar-refractivity contribution is 7.92. The second-order valence-electron chi connectivity index (χ2n) is 7.85. The molecule has 0 saturated carbocycles. The number of para-hydroxylation sites is 1. The second kappa shape index (κ2) is 12.8. The predicted octanol–water partition coefficient (Wildman–Crippen LogP) is 2.98. The van der Waals surface area contributed by atoms with Gasteiger partial charge in [-0.1, -0.05) is 24.3 Å². The van der Waals surface area contributed by atoms with Crippen LogP contribution in [0.5, 0.6) is 5.75 Å². The zero-order chi connectivity index (χ0) is 27.8. The van der Waals surface area contributed by atoms with Crippen molar-refractivity contribution in [1.29, 1.82) is 0 Å². The molecule has 38 heavy (non-hydrogen) atoms. The van der Waals surface area contributed by atoms with Gasteiger partial charge >= 0.3 is 6.18 Å². The van der Waals surface area contributed by atoms with E-state index in [4.69, 9.17) is 17.4 Å². The molecule has 3 rings (SSSR count). The third-order valence-electron chi connectivity index (χ3n) is 5.03. The minimum absolute atomic E-state index is 0.109. The SMILES string of the molecule is CN=C([S-])NS(=O)(=O)c1cc(CCNC(=O)c2cnc3ccccc3c2)ccc1OCCOCC(F)(F)F. The summed E-state index contributed by atoms with van der Waals surface area (Å²) in [6.07, 6.45) is -2.74. The van der Waals surface area contributed by atoms with Crippen molar-refractivity contribution in [3.63, 3.8) is 0 Å². The highest BCUT2D eigenvalue weighted by Gasteiger charge is 2.27. The molecule has 2 aromatic carbocycles. The van der Waals surface area contributed by atoms with Gasteiger partial charge in [-0.15, -0.1) is 0 Å². The van der Waals surface area contributed by atoms with Gasteiger partial charge in [-0.25, -0.2) is 8.42 Å². The van der Waals surface area contributed by atoms with E-state index in [2.05, 4.69) is 24.8 Å². The minimum atomic E-state index is -4.49. The fourth-order valence-corrected chi connectivity index (χ4v) is 4.73. The minimum Gasteiger partial charge on any atom is -0.742 e. The molecule has 1 amide bonds. The lowest BCUT2D eigenvalue weighted by Crippen LogP contribution is -2.30. The van der Waals surface area contributed by atoms with E-state index in [1.807, 2.05) is 24.3 Å². The Balaban J connectivity index is 1.68. The molecule has 0 aliphatic heterocycles. The number of aliphatic imine (C=N–C) groups is 1. The van der Waals surface area contributed by atoms with Gasteiger partial charge in [0.25, 0.3) is 15.9 Å². The number of nitrogens with one attached hydrogen (secondary N) is 2. The molecule has 3 aromatic rings. The van der Waals surface area contributed by atoms with E-state index in [1.165, 1.54) is 25.4 Å². The summed E-state index contributed by atoms with van der Waals surface area (Å²) in [5.41, 5.74) is 1.68. The van der Waals surface area contributed by atoms with Gasteiger partial charge in [0.1, 0.15) is 23.9 Å². The van der Waals surface area contributed by atoms with Crippen molar-refractivity contribution >= 4 is 44.6 Å². The Hall–Kier alpha value is -3.49. The average molecular weight is 570 g/mol. The Morgan fingerprint density at radius 1 is 1.13 bits per heavy atom. The maximum atomic E-state index is 12.9. The number of nitrogens with zero attached hydrogens (tertiary/aromatic N) is 2. The van der Waals surface area contributed by atoms with Crippen molar-refractivity contribution in [3.8, 4) is 5.75 Å². The van der Waals surface area contributed by atoms with Crippen LogP contribution in [0.25, 0.3) is 10.9 Å². The molecule has 0 bridgehead atoms. The van der Waals surface area contributed by atoms with E-state index >= 15 is 0 Å². The summed E-state index contributed by atoms with van der Waals surface area (Å²) in [4.78, 5) is 20.1. The van der Waals surface area contributed by atoms with Crippen LogP contribution in [0.3, 0.4) is 0 Å². The van der Waals surface area contributed by atoms with Crippen molar-refractivity contribution in [2.45, 2.75) is 17.5 Å². The number of fused-ring (bicyclic) bond motifs is 1. The summed E-state index contributed by atoms with van der Waals surface area (Å²) >= 11 is 4.83. The van der Waals surface area contributed by atoms with E-state index in [1.54, 1.807) is 12.1 Å². The molecule has 1 heterocycles. The number of halogens is 3. The number of benzene rings is 2. The number of alkyl halides is 3. The first-order chi connectivity index (χ1) is 18.0. The second-order valence-corrected chi connectivity index (χ2v) is 9.89. The maximum Gasteiger partial charge on any atom is 0.411 e. The first kappa shape index (κ1) is 29.1. The van der Waals surface area contributed by atoms with Crippen molar-refractivity contribution in [1.82, 2.24) is 15.0 Å². The monoisotopic (exact) mass is 569 g/mol. The van der Waals surface area contributed by atoms with Crippen LogP contribution in [0.2, 0.25) is 0 Å². The highest BCUT2D eigenvalue weighted by atomic mass is 32.2. The van der Waals surface area contributed by atoms with Crippen molar-refractivity contribution in [2.24, 2.45) is 4.99 Å². The third kappa shape index (κ3) is 8.53. The number of hydrogen-bond donors (Lipinski definition) is 2. The Labute approximate surface area is 222 Å². The topological polar surface area (TPSA) is 119 Å². The predicted molar refractivity (Wildman–Crippen MR) is 138 cm³/mol. The molecular formula is C24H24F3N4O5S2-. The number of sulfonamides is 1. The molecule has 204 valence electrons. The normalized spacial score (nSPS) is 12.4. The third-order valence-corrected chi connectivity index (χ3v) is 6.80. The molecule has 0 radical (unpaired) electrons. The number of aromatic nitrogens is 1. The number of ether oxygens (including phenoxy) is 2.